The van der Waals surface area contributed by atoms with Gasteiger partial charge in [-0.25, -0.2) is 0 Å². The molecule has 0 saturated heterocycles. The molecule has 0 spiro atoms. The minimum absolute atomic E-state index is 0.0399. The van der Waals surface area contributed by atoms with Crippen molar-refractivity contribution in [1.29, 1.82) is 0 Å². The average Bonchev–Trinajstić information content (AvgIpc) is 2.62. The van der Waals surface area contributed by atoms with Gasteiger partial charge in [0.2, 0.25) is 0 Å². The first-order chi connectivity index (χ1) is 12.0. The fourth-order valence-electron chi connectivity index (χ4n) is 2.59. The summed E-state index contributed by atoms with van der Waals surface area (Å²) in [6.45, 7) is 0.421. The van der Waals surface area contributed by atoms with Gasteiger partial charge in [0.05, 0.1) is 25.8 Å². The predicted molar refractivity (Wildman–Crippen MR) is 99.8 cm³/mol. The Labute approximate surface area is 153 Å². The summed E-state index contributed by atoms with van der Waals surface area (Å²) in [4.78, 5) is 14.6. The number of ether oxygens (including phenoxy) is 2. The summed E-state index contributed by atoms with van der Waals surface area (Å²) in [5, 5.41) is 3.64. The minimum Gasteiger partial charge on any atom is -0.497 e. The Kier molecular flexibility index (Phi) is 6.67. The fourth-order valence-corrected chi connectivity index (χ4v) is 2.85. The number of hydrogen-bond donors (Lipinski definition) is 1. The van der Waals surface area contributed by atoms with Crippen molar-refractivity contribution in [3.8, 4) is 11.5 Å². The zero-order valence-electron chi connectivity index (χ0n) is 14.9. The van der Waals surface area contributed by atoms with Crippen molar-refractivity contribution < 1.29 is 14.3 Å². The lowest BCUT2D eigenvalue weighted by atomic mass is 10.1. The van der Waals surface area contributed by atoms with Gasteiger partial charge in [0.25, 0.3) is 5.91 Å². The SMILES string of the molecule is COc1ccc(C(=O)NCC(c2ccccc2Cl)N(C)C)c(OC)c1. The van der Waals surface area contributed by atoms with Gasteiger partial charge < -0.3 is 19.7 Å². The highest BCUT2D eigenvalue weighted by molar-refractivity contribution is 6.31. The maximum atomic E-state index is 12.6. The molecule has 1 amide bonds. The van der Waals surface area contributed by atoms with Crippen LogP contribution in [0.1, 0.15) is 22.0 Å². The van der Waals surface area contributed by atoms with Crippen LogP contribution in [-0.2, 0) is 0 Å². The summed E-state index contributed by atoms with van der Waals surface area (Å²) in [7, 11) is 7.00. The van der Waals surface area contributed by atoms with Crippen molar-refractivity contribution in [2.45, 2.75) is 6.04 Å². The van der Waals surface area contributed by atoms with Crippen LogP contribution < -0.4 is 14.8 Å². The standard InChI is InChI=1S/C19H23ClN2O3/c1-22(2)17(14-7-5-6-8-16(14)20)12-21-19(23)15-10-9-13(24-3)11-18(15)25-4/h5-11,17H,12H2,1-4H3,(H,21,23). The Morgan fingerprint density at radius 2 is 1.88 bits per heavy atom. The number of likely N-dealkylation sites (N-methyl/N-ethyl adjacent to an activating group) is 1. The highest BCUT2D eigenvalue weighted by Gasteiger charge is 2.19. The first kappa shape index (κ1) is 19.1. The molecular formula is C19H23ClN2O3. The third kappa shape index (κ3) is 4.65. The van der Waals surface area contributed by atoms with E-state index in [9.17, 15) is 4.79 Å². The molecule has 0 aliphatic rings. The maximum absolute atomic E-state index is 12.6. The van der Waals surface area contributed by atoms with E-state index in [1.807, 2.05) is 43.3 Å². The molecule has 5 nitrogen and oxygen atoms in total. The van der Waals surface area contributed by atoms with Crippen LogP contribution in [-0.4, -0.2) is 45.7 Å². The number of nitrogens with one attached hydrogen (secondary N) is 1. The van der Waals surface area contributed by atoms with Gasteiger partial charge in [0.15, 0.2) is 0 Å². The van der Waals surface area contributed by atoms with E-state index < -0.39 is 0 Å². The van der Waals surface area contributed by atoms with Crippen LogP contribution in [0.3, 0.4) is 0 Å². The van der Waals surface area contributed by atoms with Gasteiger partial charge in [-0.15, -0.1) is 0 Å². The van der Waals surface area contributed by atoms with Crippen molar-refractivity contribution in [1.82, 2.24) is 10.2 Å². The second kappa shape index (κ2) is 8.74. The highest BCUT2D eigenvalue weighted by Crippen LogP contribution is 2.27. The molecule has 0 aliphatic heterocycles. The third-order valence-electron chi connectivity index (χ3n) is 4.00. The number of amides is 1. The van der Waals surface area contributed by atoms with Crippen molar-refractivity contribution in [3.05, 3.63) is 58.6 Å². The number of halogens is 1. The predicted octanol–water partition coefficient (Wildman–Crippen LogP) is 3.39. The molecule has 2 aromatic rings. The molecule has 0 aliphatic carbocycles. The number of benzene rings is 2. The van der Waals surface area contributed by atoms with Gasteiger partial charge in [-0.1, -0.05) is 29.8 Å². The van der Waals surface area contributed by atoms with Gasteiger partial charge in [0, 0.05) is 17.6 Å². The Morgan fingerprint density at radius 1 is 1.16 bits per heavy atom. The van der Waals surface area contributed by atoms with Crippen molar-refractivity contribution in [2.75, 3.05) is 34.9 Å². The van der Waals surface area contributed by atoms with Gasteiger partial charge in [-0.2, -0.15) is 0 Å². The summed E-state index contributed by atoms with van der Waals surface area (Å²) in [6.07, 6.45) is 0. The first-order valence-corrected chi connectivity index (χ1v) is 8.26. The third-order valence-corrected chi connectivity index (χ3v) is 4.34. The van der Waals surface area contributed by atoms with E-state index in [2.05, 4.69) is 5.32 Å². The first-order valence-electron chi connectivity index (χ1n) is 7.89. The number of carbonyl (C=O) groups excluding carboxylic acids is 1. The smallest absolute Gasteiger partial charge is 0.255 e. The van der Waals surface area contributed by atoms with E-state index in [0.717, 1.165) is 5.56 Å². The van der Waals surface area contributed by atoms with Crippen molar-refractivity contribution in [3.63, 3.8) is 0 Å². The molecule has 1 atom stereocenters. The van der Waals surface area contributed by atoms with Crippen molar-refractivity contribution in [2.24, 2.45) is 0 Å². The number of carbonyl (C=O) groups is 1. The van der Waals surface area contributed by atoms with Gasteiger partial charge in [0.1, 0.15) is 11.5 Å². The Hall–Kier alpha value is -2.24. The van der Waals surface area contributed by atoms with Gasteiger partial charge in [-0.3, -0.25) is 4.79 Å². The van der Waals surface area contributed by atoms with Crippen LogP contribution in [0.5, 0.6) is 11.5 Å². The van der Waals surface area contributed by atoms with E-state index in [-0.39, 0.29) is 11.9 Å². The highest BCUT2D eigenvalue weighted by atomic mass is 35.5. The summed E-state index contributed by atoms with van der Waals surface area (Å²) >= 11 is 6.30. The van der Waals surface area contributed by atoms with Crippen LogP contribution in [0.2, 0.25) is 5.02 Å². The quantitative estimate of drug-likeness (QED) is 0.820. The molecule has 0 radical (unpaired) electrons. The summed E-state index contributed by atoms with van der Waals surface area (Å²) < 4.78 is 10.5. The van der Waals surface area contributed by atoms with Crippen LogP contribution in [0.25, 0.3) is 0 Å². The zero-order valence-corrected chi connectivity index (χ0v) is 15.6. The molecule has 0 bridgehead atoms. The number of methoxy groups -OCH3 is 2. The van der Waals surface area contributed by atoms with Crippen molar-refractivity contribution >= 4 is 17.5 Å². The molecule has 134 valence electrons. The lowest BCUT2D eigenvalue weighted by Gasteiger charge is -2.26. The topological polar surface area (TPSA) is 50.8 Å². The Bertz CT molecular complexity index is 734. The molecule has 1 N–H and O–H groups in total. The Balaban J connectivity index is 2.16. The summed E-state index contributed by atoms with van der Waals surface area (Å²) in [5.41, 5.74) is 1.43. The van der Waals surface area contributed by atoms with Gasteiger partial charge in [-0.05, 0) is 37.9 Å². The molecule has 0 heterocycles. The summed E-state index contributed by atoms with van der Waals surface area (Å²) in [6, 6.07) is 12.7. The van der Waals surface area contributed by atoms with E-state index in [1.54, 1.807) is 25.3 Å². The van der Waals surface area contributed by atoms with Crippen LogP contribution in [0.15, 0.2) is 42.5 Å². The van der Waals surface area contributed by atoms with E-state index >= 15 is 0 Å². The molecule has 6 heteroatoms. The largest absolute Gasteiger partial charge is 0.497 e. The molecule has 25 heavy (non-hydrogen) atoms. The molecular weight excluding hydrogens is 340 g/mol. The molecule has 1 unspecified atom stereocenters. The lowest BCUT2D eigenvalue weighted by molar-refractivity contribution is 0.0939. The van der Waals surface area contributed by atoms with E-state index in [4.69, 9.17) is 21.1 Å². The zero-order chi connectivity index (χ0) is 18.4. The lowest BCUT2D eigenvalue weighted by Crippen LogP contribution is -2.34. The Morgan fingerprint density at radius 3 is 2.48 bits per heavy atom. The van der Waals surface area contributed by atoms with E-state index in [1.165, 1.54) is 7.11 Å². The molecule has 0 saturated carbocycles. The summed E-state index contributed by atoms with van der Waals surface area (Å²) in [5.74, 6) is 0.894. The van der Waals surface area contributed by atoms with Crippen LogP contribution >= 0.6 is 11.6 Å². The minimum atomic E-state index is -0.210. The molecule has 2 aromatic carbocycles. The second-order valence-electron chi connectivity index (χ2n) is 5.78. The molecule has 2 rings (SSSR count). The average molecular weight is 363 g/mol. The monoisotopic (exact) mass is 362 g/mol. The van der Waals surface area contributed by atoms with E-state index in [0.29, 0.717) is 28.6 Å². The van der Waals surface area contributed by atoms with Crippen LogP contribution in [0.4, 0.5) is 0 Å². The number of nitrogens with zero attached hydrogens (tertiary/aromatic N) is 1. The maximum Gasteiger partial charge on any atom is 0.255 e. The van der Waals surface area contributed by atoms with Gasteiger partial charge >= 0.3 is 0 Å². The molecule has 0 aromatic heterocycles. The second-order valence-corrected chi connectivity index (χ2v) is 6.18. The fraction of sp³-hybridized carbons (Fsp3) is 0.316. The normalized spacial score (nSPS) is 11.9. The number of hydrogen-bond acceptors (Lipinski definition) is 4. The molecule has 0 fully saturated rings. The van der Waals surface area contributed by atoms with Crippen LogP contribution in [0, 0.1) is 0 Å². The number of rotatable bonds is 7.